The molecule has 4 unspecified atom stereocenters. The van der Waals surface area contributed by atoms with E-state index in [1.54, 1.807) is 47.3 Å². The van der Waals surface area contributed by atoms with Crippen molar-refractivity contribution in [3.8, 4) is 0 Å². The maximum atomic E-state index is 11.7. The molecule has 1 aliphatic heterocycles. The van der Waals surface area contributed by atoms with E-state index in [-0.39, 0.29) is 13.1 Å². The van der Waals surface area contributed by atoms with E-state index in [9.17, 15) is 39.6 Å². The predicted octanol–water partition coefficient (Wildman–Crippen LogP) is -0.119. The second-order valence-electron chi connectivity index (χ2n) is 8.91. The normalized spacial score (nSPS) is 22.7. The summed E-state index contributed by atoms with van der Waals surface area (Å²) in [5, 5.41) is 38.1. The molecule has 12 heteroatoms. The Labute approximate surface area is 200 Å². The van der Waals surface area contributed by atoms with Gasteiger partial charge in [-0.25, -0.2) is 0 Å². The van der Waals surface area contributed by atoms with Gasteiger partial charge in [-0.3, -0.25) is 38.8 Å². The third kappa shape index (κ3) is 9.16. The molecule has 0 aliphatic carbocycles. The van der Waals surface area contributed by atoms with Gasteiger partial charge in [0.15, 0.2) is 0 Å². The molecular formula is C22H40N4O8. The largest absolute Gasteiger partial charge is 0.480 e. The summed E-state index contributed by atoms with van der Waals surface area (Å²) >= 11 is 0. The lowest BCUT2D eigenvalue weighted by molar-refractivity contribution is -0.146. The van der Waals surface area contributed by atoms with Crippen LogP contribution >= 0.6 is 0 Å². The van der Waals surface area contributed by atoms with Crippen molar-refractivity contribution < 1.29 is 39.6 Å². The van der Waals surface area contributed by atoms with Crippen LogP contribution in [-0.4, -0.2) is 140 Å². The highest BCUT2D eigenvalue weighted by Gasteiger charge is 2.29. The second kappa shape index (κ2) is 14.2. The fourth-order valence-electron chi connectivity index (χ4n) is 4.02. The lowest BCUT2D eigenvalue weighted by Crippen LogP contribution is -2.52. The molecule has 1 aliphatic rings. The van der Waals surface area contributed by atoms with Crippen molar-refractivity contribution in [2.24, 2.45) is 0 Å². The minimum atomic E-state index is -1.02. The monoisotopic (exact) mass is 488 g/mol. The lowest BCUT2D eigenvalue weighted by atomic mass is 10.1. The fourth-order valence-corrected chi connectivity index (χ4v) is 4.02. The summed E-state index contributed by atoms with van der Waals surface area (Å²) in [5.41, 5.74) is 0. The van der Waals surface area contributed by atoms with Gasteiger partial charge in [-0.15, -0.1) is 0 Å². The average Bonchev–Trinajstić information content (AvgIpc) is 2.77. The molecule has 0 amide bonds. The van der Waals surface area contributed by atoms with Crippen LogP contribution in [0.4, 0.5) is 0 Å². The Bertz CT molecular complexity index is 648. The average molecular weight is 489 g/mol. The molecule has 1 fully saturated rings. The fraction of sp³-hybridized carbons (Fsp3) is 0.818. The first-order chi connectivity index (χ1) is 15.9. The predicted molar refractivity (Wildman–Crippen MR) is 124 cm³/mol. The van der Waals surface area contributed by atoms with E-state index in [2.05, 4.69) is 0 Å². The van der Waals surface area contributed by atoms with Gasteiger partial charge >= 0.3 is 23.9 Å². The van der Waals surface area contributed by atoms with Crippen molar-refractivity contribution in [3.63, 3.8) is 0 Å². The Balaban J connectivity index is 3.21. The molecule has 0 aromatic rings. The summed E-state index contributed by atoms with van der Waals surface area (Å²) < 4.78 is 0. The van der Waals surface area contributed by atoms with Crippen LogP contribution in [-0.2, 0) is 19.2 Å². The topological polar surface area (TPSA) is 162 Å². The third-order valence-corrected chi connectivity index (χ3v) is 6.78. The minimum absolute atomic E-state index is 0.273. The minimum Gasteiger partial charge on any atom is -0.480 e. The van der Waals surface area contributed by atoms with Crippen molar-refractivity contribution in [2.75, 3.05) is 52.4 Å². The number of nitrogens with zero attached hydrogens (tertiary/aromatic N) is 4. The van der Waals surface area contributed by atoms with Crippen molar-refractivity contribution in [3.05, 3.63) is 0 Å². The van der Waals surface area contributed by atoms with Crippen LogP contribution in [0.1, 0.15) is 40.5 Å². The molecule has 0 spiro atoms. The number of carbonyl (C=O) groups is 4. The third-order valence-electron chi connectivity index (χ3n) is 6.78. The zero-order chi connectivity index (χ0) is 26.0. The van der Waals surface area contributed by atoms with Crippen molar-refractivity contribution in [1.29, 1.82) is 0 Å². The first kappa shape index (κ1) is 29.8. The van der Waals surface area contributed by atoms with Gasteiger partial charge in [0.05, 0.1) is 0 Å². The summed E-state index contributed by atoms with van der Waals surface area (Å²) in [6, 6.07) is -3.18. The van der Waals surface area contributed by atoms with Gasteiger partial charge in [0.2, 0.25) is 0 Å². The molecule has 0 radical (unpaired) electrons. The Morgan fingerprint density at radius 3 is 0.794 bits per heavy atom. The van der Waals surface area contributed by atoms with Gasteiger partial charge in [0.25, 0.3) is 0 Å². The van der Waals surface area contributed by atoms with E-state index in [4.69, 9.17) is 0 Å². The van der Waals surface area contributed by atoms with E-state index in [0.29, 0.717) is 52.1 Å². The maximum absolute atomic E-state index is 11.7. The molecule has 1 heterocycles. The molecule has 0 aromatic heterocycles. The Morgan fingerprint density at radius 2 is 0.618 bits per heavy atom. The summed E-state index contributed by atoms with van der Waals surface area (Å²) in [7, 11) is 0. The number of hydrogen-bond acceptors (Lipinski definition) is 8. The molecule has 0 aromatic carbocycles. The second-order valence-corrected chi connectivity index (χ2v) is 8.91. The Kier molecular flexibility index (Phi) is 12.4. The molecule has 34 heavy (non-hydrogen) atoms. The van der Waals surface area contributed by atoms with E-state index in [1.165, 1.54) is 0 Å². The van der Waals surface area contributed by atoms with Crippen molar-refractivity contribution in [2.45, 2.75) is 64.7 Å². The van der Waals surface area contributed by atoms with Crippen molar-refractivity contribution in [1.82, 2.24) is 19.6 Å². The number of rotatable bonds is 8. The van der Waals surface area contributed by atoms with Crippen molar-refractivity contribution >= 4 is 23.9 Å². The maximum Gasteiger partial charge on any atom is 0.320 e. The van der Waals surface area contributed by atoms with Gasteiger partial charge in [-0.2, -0.15) is 0 Å². The van der Waals surface area contributed by atoms with E-state index < -0.39 is 48.0 Å². The molecule has 1 saturated heterocycles. The Hall–Kier alpha value is -2.28. The molecule has 4 atom stereocenters. The van der Waals surface area contributed by atoms with E-state index in [0.717, 1.165) is 0 Å². The first-order valence-corrected chi connectivity index (χ1v) is 11.7. The van der Waals surface area contributed by atoms with Crippen LogP contribution in [0.3, 0.4) is 0 Å². The van der Waals surface area contributed by atoms with Gasteiger partial charge in [0.1, 0.15) is 24.2 Å². The number of carboxylic acids is 4. The SMILES string of the molecule is CC(C(=O)O)N1CCCCN(C(C)C(=O)O)CCN(C(C)C(=O)O)CCN(C(C)C(=O)O)CC1. The molecule has 12 nitrogen and oxygen atoms in total. The molecule has 196 valence electrons. The summed E-state index contributed by atoms with van der Waals surface area (Å²) in [4.78, 5) is 53.6. The smallest absolute Gasteiger partial charge is 0.320 e. The Morgan fingerprint density at radius 1 is 0.441 bits per heavy atom. The molecule has 0 saturated carbocycles. The van der Waals surface area contributed by atoms with Gasteiger partial charge in [-0.1, -0.05) is 0 Å². The lowest BCUT2D eigenvalue weighted by Gasteiger charge is -2.36. The van der Waals surface area contributed by atoms with Gasteiger partial charge in [0, 0.05) is 39.3 Å². The molecule has 1 rings (SSSR count). The van der Waals surface area contributed by atoms with Crippen LogP contribution in [0.15, 0.2) is 0 Å². The number of aliphatic carboxylic acids is 4. The number of carboxylic acid groups (broad SMARTS) is 4. The van der Waals surface area contributed by atoms with Gasteiger partial charge in [-0.05, 0) is 53.6 Å². The van der Waals surface area contributed by atoms with E-state index >= 15 is 0 Å². The zero-order valence-corrected chi connectivity index (χ0v) is 20.6. The molecule has 0 bridgehead atoms. The van der Waals surface area contributed by atoms with Crippen LogP contribution in [0.5, 0.6) is 0 Å². The zero-order valence-electron chi connectivity index (χ0n) is 20.6. The van der Waals surface area contributed by atoms with Crippen LogP contribution in [0.2, 0.25) is 0 Å². The highest BCUT2D eigenvalue weighted by atomic mass is 16.4. The van der Waals surface area contributed by atoms with Crippen LogP contribution in [0, 0.1) is 0 Å². The highest BCUT2D eigenvalue weighted by Crippen LogP contribution is 2.11. The van der Waals surface area contributed by atoms with Gasteiger partial charge < -0.3 is 20.4 Å². The summed E-state index contributed by atoms with van der Waals surface area (Å²) in [6.07, 6.45) is 1.29. The highest BCUT2D eigenvalue weighted by molar-refractivity contribution is 5.74. The number of hydrogen-bond donors (Lipinski definition) is 4. The summed E-state index contributed by atoms with van der Waals surface area (Å²) in [6.45, 7) is 9.13. The van der Waals surface area contributed by atoms with Crippen LogP contribution in [0.25, 0.3) is 0 Å². The quantitative estimate of drug-likeness (QED) is 0.359. The first-order valence-electron chi connectivity index (χ1n) is 11.7. The molecular weight excluding hydrogens is 448 g/mol. The molecule has 4 N–H and O–H groups in total. The standard InChI is InChI=1S/C22H40N4O8/c1-15(19(27)28)23-7-5-6-8-24(16(2)20(29)30)10-12-26(18(4)22(33)34)14-13-25(11-9-23)17(3)21(31)32/h15-18H,5-14H2,1-4H3,(H,27,28)(H,29,30)(H,31,32)(H,33,34). The van der Waals surface area contributed by atoms with Crippen LogP contribution < -0.4 is 0 Å². The summed E-state index contributed by atoms with van der Waals surface area (Å²) in [5.74, 6) is -3.97. The van der Waals surface area contributed by atoms with E-state index in [1.807, 2.05) is 0 Å².